The third-order valence-corrected chi connectivity index (χ3v) is 12.5. The number of fused-ring (bicyclic) bond motifs is 2. The van der Waals surface area contributed by atoms with E-state index in [2.05, 4.69) is 0 Å². The van der Waals surface area contributed by atoms with Crippen molar-refractivity contribution in [1.29, 1.82) is 0 Å². The van der Waals surface area contributed by atoms with Crippen molar-refractivity contribution in [3.05, 3.63) is 120 Å². The second-order valence-electron chi connectivity index (χ2n) is 12.1. The van der Waals surface area contributed by atoms with Crippen LogP contribution in [0.25, 0.3) is 11.1 Å². The smallest absolute Gasteiger partial charge is 0.259 e. The van der Waals surface area contributed by atoms with Crippen LogP contribution in [0.5, 0.6) is 0 Å². The maximum Gasteiger partial charge on any atom is 0.259 e. The van der Waals surface area contributed by atoms with Crippen LogP contribution in [0.15, 0.2) is 119 Å². The zero-order chi connectivity index (χ0) is 33.7. The number of hydrogen-bond acceptors (Lipinski definition) is 6. The number of amides is 2. The predicted molar refractivity (Wildman–Crippen MR) is 189 cm³/mol. The molecule has 2 aliphatic rings. The van der Waals surface area contributed by atoms with Gasteiger partial charge in [-0.15, -0.1) is 0 Å². The topological polar surface area (TPSA) is 109 Å². The van der Waals surface area contributed by atoms with Crippen molar-refractivity contribution < 1.29 is 26.4 Å². The van der Waals surface area contributed by atoms with Gasteiger partial charge in [0.05, 0.1) is 43.8 Å². The van der Waals surface area contributed by atoms with Gasteiger partial charge in [-0.2, -0.15) is 0 Å². The van der Waals surface area contributed by atoms with Gasteiger partial charge in [0.15, 0.2) is 19.7 Å². The molecule has 2 heterocycles. The number of sulfone groups is 2. The number of anilines is 2. The van der Waals surface area contributed by atoms with Crippen molar-refractivity contribution in [3.63, 3.8) is 0 Å². The molecule has 8 nitrogen and oxygen atoms in total. The maximum atomic E-state index is 14.1. The molecule has 0 spiro atoms. The van der Waals surface area contributed by atoms with Crippen molar-refractivity contribution in [3.8, 4) is 0 Å². The summed E-state index contributed by atoms with van der Waals surface area (Å²) in [6.45, 7) is 0.812. The van der Waals surface area contributed by atoms with Crippen LogP contribution < -0.4 is 9.80 Å². The third-order valence-electron chi connectivity index (χ3n) is 8.89. The molecule has 0 aliphatic carbocycles. The van der Waals surface area contributed by atoms with E-state index < -0.39 is 19.7 Å². The second-order valence-corrected chi connectivity index (χ2v) is 16.3. The summed E-state index contributed by atoms with van der Waals surface area (Å²) < 4.78 is 50.7. The first-order valence-corrected chi connectivity index (χ1v) is 19.6. The molecule has 4 aromatic rings. The van der Waals surface area contributed by atoms with Crippen LogP contribution in [-0.4, -0.2) is 53.2 Å². The fraction of sp³-hybridized carbons (Fsp3) is 0.263. The van der Waals surface area contributed by atoms with E-state index in [0.717, 1.165) is 11.4 Å². The first-order valence-electron chi connectivity index (χ1n) is 16.3. The number of carbonyl (C=O) groups is 2. The Bertz CT molecular complexity index is 1910. The quantitative estimate of drug-likeness (QED) is 0.110. The minimum atomic E-state index is -3.36. The summed E-state index contributed by atoms with van der Waals surface area (Å²) in [6.07, 6.45) is 3.45. The summed E-state index contributed by atoms with van der Waals surface area (Å²) in [5.74, 6) is -0.389. The first kappa shape index (κ1) is 33.4. The van der Waals surface area contributed by atoms with E-state index in [1.807, 2.05) is 48.5 Å². The average Bonchev–Trinajstić information content (AvgIpc) is 3.53. The van der Waals surface area contributed by atoms with Crippen LogP contribution in [0.2, 0.25) is 0 Å². The number of para-hydroxylation sites is 2. The van der Waals surface area contributed by atoms with Gasteiger partial charge in [-0.1, -0.05) is 85.6 Å². The van der Waals surface area contributed by atoms with Gasteiger partial charge in [0.25, 0.3) is 11.8 Å². The minimum Gasteiger partial charge on any atom is -0.308 e. The average molecular weight is 683 g/mol. The Kier molecular flexibility index (Phi) is 9.93. The van der Waals surface area contributed by atoms with Crippen molar-refractivity contribution in [2.45, 2.75) is 48.3 Å². The van der Waals surface area contributed by atoms with Crippen molar-refractivity contribution in [1.82, 2.24) is 0 Å². The molecule has 10 heteroatoms. The highest BCUT2D eigenvalue weighted by molar-refractivity contribution is 7.91. The Morgan fingerprint density at radius 2 is 0.771 bits per heavy atom. The van der Waals surface area contributed by atoms with Crippen LogP contribution in [-0.2, 0) is 29.3 Å². The van der Waals surface area contributed by atoms with Gasteiger partial charge in [0.1, 0.15) is 0 Å². The van der Waals surface area contributed by atoms with E-state index in [1.165, 1.54) is 0 Å². The van der Waals surface area contributed by atoms with Crippen molar-refractivity contribution in [2.24, 2.45) is 0 Å². The van der Waals surface area contributed by atoms with E-state index >= 15 is 0 Å². The molecular weight excluding hydrogens is 645 g/mol. The summed E-state index contributed by atoms with van der Waals surface area (Å²) in [5.41, 5.74) is 3.66. The van der Waals surface area contributed by atoms with Crippen molar-refractivity contribution in [2.75, 3.05) is 34.4 Å². The highest BCUT2D eigenvalue weighted by Crippen LogP contribution is 2.46. The summed E-state index contributed by atoms with van der Waals surface area (Å²) in [6, 6.07) is 31.8. The molecule has 0 saturated heterocycles. The van der Waals surface area contributed by atoms with Crippen LogP contribution in [0.4, 0.5) is 11.4 Å². The molecule has 0 saturated carbocycles. The highest BCUT2D eigenvalue weighted by atomic mass is 32.2. The van der Waals surface area contributed by atoms with Gasteiger partial charge < -0.3 is 9.80 Å². The molecule has 6 rings (SSSR count). The predicted octanol–water partition coefficient (Wildman–Crippen LogP) is 6.58. The lowest BCUT2D eigenvalue weighted by atomic mass is 9.96. The van der Waals surface area contributed by atoms with Crippen LogP contribution in [0, 0.1) is 0 Å². The molecule has 0 unspecified atom stereocenters. The van der Waals surface area contributed by atoms with E-state index in [-0.39, 0.29) is 23.3 Å². The maximum absolute atomic E-state index is 14.1. The van der Waals surface area contributed by atoms with Crippen LogP contribution >= 0.6 is 0 Å². The van der Waals surface area contributed by atoms with E-state index in [0.29, 0.717) is 83.7 Å². The van der Waals surface area contributed by atoms with Crippen LogP contribution in [0.1, 0.15) is 49.7 Å². The molecule has 4 aromatic carbocycles. The second kappa shape index (κ2) is 14.3. The Labute approximate surface area is 282 Å². The molecule has 0 radical (unpaired) electrons. The molecule has 48 heavy (non-hydrogen) atoms. The first-order chi connectivity index (χ1) is 23.2. The SMILES string of the molecule is O=C1/C(=C2/C(=O)N(CCCCCS(=O)(=O)c3ccccc3)c3ccccc32)c2ccccc2N1CCCCCS(=O)(=O)c1ccccc1. The molecule has 0 bridgehead atoms. The summed E-state index contributed by atoms with van der Waals surface area (Å²) >= 11 is 0. The highest BCUT2D eigenvalue weighted by Gasteiger charge is 2.41. The van der Waals surface area contributed by atoms with Gasteiger partial charge in [-0.05, 0) is 62.1 Å². The number of nitrogens with zero attached hydrogens (tertiary/aromatic N) is 2. The lowest BCUT2D eigenvalue weighted by Gasteiger charge is -2.17. The lowest BCUT2D eigenvalue weighted by Crippen LogP contribution is -2.30. The van der Waals surface area contributed by atoms with E-state index in [1.54, 1.807) is 70.5 Å². The van der Waals surface area contributed by atoms with Crippen LogP contribution in [0.3, 0.4) is 0 Å². The molecule has 0 fully saturated rings. The molecule has 0 N–H and O–H groups in total. The molecule has 248 valence electrons. The van der Waals surface area contributed by atoms with E-state index in [4.69, 9.17) is 0 Å². The molecule has 0 atom stereocenters. The summed E-state index contributed by atoms with van der Waals surface area (Å²) in [5, 5.41) is 0. The molecule has 0 aromatic heterocycles. The van der Waals surface area contributed by atoms with Gasteiger partial charge >= 0.3 is 0 Å². The standard InChI is InChI=1S/C38H38N2O6S2/c41-37-35(31-21-9-11-23-33(31)39(37)25-13-3-15-27-47(43,44)29-17-5-1-6-18-29)36-32-22-10-12-24-34(32)40(38(36)42)26-14-4-16-28-48(45,46)30-19-7-2-8-20-30/h1-2,5-12,17-24H,3-4,13-16,25-28H2/b36-35+. The van der Waals surface area contributed by atoms with Gasteiger partial charge in [0.2, 0.25) is 0 Å². The zero-order valence-corrected chi connectivity index (χ0v) is 28.3. The number of rotatable bonds is 14. The number of hydrogen-bond donors (Lipinski definition) is 0. The normalized spacial score (nSPS) is 16.0. The Balaban J connectivity index is 1.13. The van der Waals surface area contributed by atoms with Crippen molar-refractivity contribution >= 4 is 54.0 Å². The Morgan fingerprint density at radius 3 is 1.17 bits per heavy atom. The van der Waals surface area contributed by atoms with Gasteiger partial charge in [-0.25, -0.2) is 16.8 Å². The molecule has 2 aliphatic heterocycles. The van der Waals surface area contributed by atoms with Gasteiger partial charge in [-0.3, -0.25) is 9.59 Å². The zero-order valence-electron chi connectivity index (χ0n) is 26.6. The monoisotopic (exact) mass is 682 g/mol. The fourth-order valence-electron chi connectivity index (χ4n) is 6.46. The Hall–Kier alpha value is -4.54. The number of unbranched alkanes of at least 4 members (excludes halogenated alkanes) is 4. The fourth-order valence-corrected chi connectivity index (χ4v) is 9.24. The lowest BCUT2D eigenvalue weighted by molar-refractivity contribution is -0.114. The summed E-state index contributed by atoms with van der Waals surface area (Å²) in [4.78, 5) is 32.2. The Morgan fingerprint density at radius 1 is 0.417 bits per heavy atom. The largest absolute Gasteiger partial charge is 0.308 e. The van der Waals surface area contributed by atoms with E-state index in [9.17, 15) is 26.4 Å². The number of benzene rings is 4. The summed E-state index contributed by atoms with van der Waals surface area (Å²) in [7, 11) is -6.73. The molecular formula is C38H38N2O6S2. The van der Waals surface area contributed by atoms with Gasteiger partial charge in [0, 0.05) is 24.2 Å². The molecule has 2 amide bonds. The third kappa shape index (κ3) is 6.86. The number of carbonyl (C=O) groups excluding carboxylic acids is 2. The minimum absolute atomic E-state index is 0.0425.